The molecule has 0 N–H and O–H groups in total. The zero-order valence-electron chi connectivity index (χ0n) is 17.8. The normalized spacial score (nSPS) is 16.2. The van der Waals surface area contributed by atoms with Gasteiger partial charge < -0.3 is 9.64 Å². The monoisotopic (exact) mass is 380 g/mol. The van der Waals surface area contributed by atoms with Crippen LogP contribution in [0.15, 0.2) is 60.7 Å². The first-order chi connectivity index (χ1) is 13.5. The largest absolute Gasteiger partial charge is 0.381 e. The summed E-state index contributed by atoms with van der Waals surface area (Å²) in [5, 5.41) is 0. The lowest BCUT2D eigenvalue weighted by Crippen LogP contribution is -2.48. The molecule has 1 unspecified atom stereocenters. The average Bonchev–Trinajstić information content (AvgIpc) is 3.22. The second-order valence-corrected chi connectivity index (χ2v) is 9.07. The Hall–Kier alpha value is -1.84. The number of hydrogen-bond acceptors (Lipinski definition) is 3. The third kappa shape index (κ3) is 6.35. The van der Waals surface area contributed by atoms with Crippen molar-refractivity contribution in [1.82, 2.24) is 4.90 Å². The maximum Gasteiger partial charge on any atom is 0.0846 e. The lowest BCUT2D eigenvalue weighted by molar-refractivity contribution is 0.0548. The van der Waals surface area contributed by atoms with E-state index >= 15 is 0 Å². The molecule has 28 heavy (non-hydrogen) atoms. The number of likely N-dealkylation sites (tertiary alicyclic amines) is 1. The van der Waals surface area contributed by atoms with Gasteiger partial charge in [0.25, 0.3) is 0 Å². The Morgan fingerprint density at radius 3 is 2.14 bits per heavy atom. The molecule has 0 radical (unpaired) electrons. The van der Waals surface area contributed by atoms with Crippen LogP contribution in [0.2, 0.25) is 0 Å². The molecular weight excluding hydrogens is 344 g/mol. The van der Waals surface area contributed by atoms with Gasteiger partial charge in [0.2, 0.25) is 0 Å². The molecule has 1 atom stereocenters. The van der Waals surface area contributed by atoms with Crippen LogP contribution >= 0.6 is 0 Å². The van der Waals surface area contributed by atoms with Crippen molar-refractivity contribution in [3.63, 3.8) is 0 Å². The molecule has 1 saturated heterocycles. The van der Waals surface area contributed by atoms with Crippen LogP contribution in [0.25, 0.3) is 0 Å². The van der Waals surface area contributed by atoms with Gasteiger partial charge >= 0.3 is 0 Å². The predicted octanol–water partition coefficient (Wildman–Crippen LogP) is 5.57. The number of anilines is 1. The molecule has 0 saturated carbocycles. The molecule has 1 aliphatic heterocycles. The standard InChI is InChI=1S/C25H36N2O/c1-25(2,3)21-28-19-16-24(26-17-10-11-18-26)27(23-14-8-5-9-15-23)20-22-12-6-4-7-13-22/h4-9,12-15,24H,10-11,16-21H2,1-3H3. The number of rotatable bonds is 9. The van der Waals surface area contributed by atoms with Crippen LogP contribution in [0, 0.1) is 5.41 Å². The van der Waals surface area contributed by atoms with Crippen LogP contribution in [0.4, 0.5) is 5.69 Å². The summed E-state index contributed by atoms with van der Waals surface area (Å²) in [5.41, 5.74) is 2.86. The Balaban J connectivity index is 1.78. The number of benzene rings is 2. The molecule has 0 bridgehead atoms. The van der Waals surface area contributed by atoms with E-state index in [0.29, 0.717) is 6.17 Å². The number of hydrogen-bond donors (Lipinski definition) is 0. The molecule has 3 nitrogen and oxygen atoms in total. The lowest BCUT2D eigenvalue weighted by Gasteiger charge is -2.39. The molecule has 0 aliphatic carbocycles. The quantitative estimate of drug-likeness (QED) is 0.529. The highest BCUT2D eigenvalue weighted by Crippen LogP contribution is 2.26. The number of ether oxygens (including phenoxy) is 1. The molecule has 2 aromatic carbocycles. The van der Waals surface area contributed by atoms with Crippen LogP contribution in [-0.4, -0.2) is 37.4 Å². The smallest absolute Gasteiger partial charge is 0.0846 e. The maximum atomic E-state index is 6.07. The summed E-state index contributed by atoms with van der Waals surface area (Å²) in [7, 11) is 0. The topological polar surface area (TPSA) is 15.7 Å². The third-order valence-electron chi connectivity index (χ3n) is 5.26. The molecule has 1 heterocycles. The minimum atomic E-state index is 0.215. The zero-order valence-corrected chi connectivity index (χ0v) is 17.8. The van der Waals surface area contributed by atoms with E-state index < -0.39 is 0 Å². The van der Waals surface area contributed by atoms with Crippen LogP contribution in [-0.2, 0) is 11.3 Å². The maximum absolute atomic E-state index is 6.07. The summed E-state index contributed by atoms with van der Waals surface area (Å²) < 4.78 is 6.07. The Bertz CT molecular complexity index is 675. The summed E-state index contributed by atoms with van der Waals surface area (Å²) >= 11 is 0. The van der Waals surface area contributed by atoms with Crippen molar-refractivity contribution >= 4 is 5.69 Å². The van der Waals surface area contributed by atoms with E-state index in [1.54, 1.807) is 0 Å². The second kappa shape index (κ2) is 10.1. The fraction of sp³-hybridized carbons (Fsp3) is 0.520. The van der Waals surface area contributed by atoms with Gasteiger partial charge in [-0.25, -0.2) is 0 Å². The lowest BCUT2D eigenvalue weighted by atomic mass is 9.99. The Morgan fingerprint density at radius 1 is 0.929 bits per heavy atom. The molecule has 0 spiro atoms. The summed E-state index contributed by atoms with van der Waals surface area (Å²) in [5.74, 6) is 0. The first-order valence-corrected chi connectivity index (χ1v) is 10.7. The van der Waals surface area contributed by atoms with Crippen molar-refractivity contribution in [1.29, 1.82) is 0 Å². The molecule has 152 valence electrons. The predicted molar refractivity (Wildman–Crippen MR) is 119 cm³/mol. The van der Waals surface area contributed by atoms with Crippen LogP contribution in [0.5, 0.6) is 0 Å². The molecule has 3 rings (SSSR count). The van der Waals surface area contributed by atoms with E-state index in [9.17, 15) is 0 Å². The van der Waals surface area contributed by atoms with Crippen LogP contribution in [0.3, 0.4) is 0 Å². The van der Waals surface area contributed by atoms with E-state index in [4.69, 9.17) is 4.74 Å². The van der Waals surface area contributed by atoms with Gasteiger partial charge in [-0.3, -0.25) is 4.90 Å². The van der Waals surface area contributed by atoms with Crippen molar-refractivity contribution in [2.75, 3.05) is 31.2 Å². The first kappa shape index (κ1) is 20.9. The fourth-order valence-electron chi connectivity index (χ4n) is 3.91. The minimum absolute atomic E-state index is 0.215. The number of para-hydroxylation sites is 1. The van der Waals surface area contributed by atoms with Crippen molar-refractivity contribution < 1.29 is 4.74 Å². The Kier molecular flexibility index (Phi) is 7.52. The molecule has 3 heteroatoms. The van der Waals surface area contributed by atoms with Crippen molar-refractivity contribution in [2.45, 2.75) is 52.7 Å². The summed E-state index contributed by atoms with van der Waals surface area (Å²) in [6, 6.07) is 21.7. The Morgan fingerprint density at radius 2 is 1.54 bits per heavy atom. The van der Waals surface area contributed by atoms with Gasteiger partial charge in [-0.1, -0.05) is 69.3 Å². The second-order valence-electron chi connectivity index (χ2n) is 9.07. The summed E-state index contributed by atoms with van der Waals surface area (Å²) in [4.78, 5) is 5.22. The number of nitrogens with zero attached hydrogens (tertiary/aromatic N) is 2. The van der Waals surface area contributed by atoms with Crippen molar-refractivity contribution in [3.05, 3.63) is 66.2 Å². The van der Waals surface area contributed by atoms with E-state index in [1.807, 2.05) is 0 Å². The summed E-state index contributed by atoms with van der Waals surface area (Å²) in [6.45, 7) is 11.6. The third-order valence-corrected chi connectivity index (χ3v) is 5.26. The van der Waals surface area contributed by atoms with E-state index in [-0.39, 0.29) is 5.41 Å². The van der Waals surface area contributed by atoms with Gasteiger partial charge in [-0.15, -0.1) is 0 Å². The average molecular weight is 381 g/mol. The Labute approximate surface area is 171 Å². The zero-order chi connectivity index (χ0) is 19.8. The summed E-state index contributed by atoms with van der Waals surface area (Å²) in [6.07, 6.45) is 3.99. The van der Waals surface area contributed by atoms with Gasteiger partial charge in [0, 0.05) is 38.3 Å². The SMILES string of the molecule is CC(C)(C)COCCC(N1CCCC1)N(Cc1ccccc1)c1ccccc1. The van der Waals surface area contributed by atoms with Gasteiger partial charge in [-0.2, -0.15) is 0 Å². The molecule has 1 aliphatic rings. The molecule has 2 aromatic rings. The van der Waals surface area contributed by atoms with E-state index in [1.165, 1.54) is 37.2 Å². The van der Waals surface area contributed by atoms with Crippen LogP contribution < -0.4 is 4.90 Å². The molecular formula is C25H36N2O. The van der Waals surface area contributed by atoms with E-state index in [2.05, 4.69) is 91.2 Å². The van der Waals surface area contributed by atoms with Gasteiger partial charge in [0.05, 0.1) is 12.8 Å². The fourth-order valence-corrected chi connectivity index (χ4v) is 3.91. The molecule has 0 amide bonds. The van der Waals surface area contributed by atoms with Gasteiger partial charge in [0.15, 0.2) is 0 Å². The van der Waals surface area contributed by atoms with E-state index in [0.717, 1.165) is 26.2 Å². The minimum Gasteiger partial charge on any atom is -0.381 e. The van der Waals surface area contributed by atoms with Crippen molar-refractivity contribution in [3.8, 4) is 0 Å². The highest BCUT2D eigenvalue weighted by Gasteiger charge is 2.28. The van der Waals surface area contributed by atoms with Crippen LogP contribution in [0.1, 0.15) is 45.6 Å². The molecule has 0 aromatic heterocycles. The van der Waals surface area contributed by atoms with Crippen molar-refractivity contribution in [2.24, 2.45) is 5.41 Å². The highest BCUT2D eigenvalue weighted by atomic mass is 16.5. The van der Waals surface area contributed by atoms with Gasteiger partial charge in [0.1, 0.15) is 0 Å². The van der Waals surface area contributed by atoms with Gasteiger partial charge in [-0.05, 0) is 36.0 Å². The molecule has 1 fully saturated rings. The first-order valence-electron chi connectivity index (χ1n) is 10.7. The highest BCUT2D eigenvalue weighted by molar-refractivity contribution is 5.47.